The Morgan fingerprint density at radius 1 is 0.804 bits per heavy atom. The maximum Gasteiger partial charge on any atom is 0.574 e. The zero-order chi connectivity index (χ0) is 37.2. The van der Waals surface area contributed by atoms with Crippen LogP contribution in [0.15, 0.2) is 94.3 Å². The Kier molecular flexibility index (Phi) is 10.9. The topological polar surface area (TPSA) is 108 Å². The summed E-state index contributed by atoms with van der Waals surface area (Å²) in [5, 5.41) is 10.8. The third-order valence-corrected chi connectivity index (χ3v) is 10.5. The van der Waals surface area contributed by atoms with E-state index < -0.39 is 79.4 Å². The number of hydrogen-bond acceptors (Lipinski definition) is 10. The SMILES string of the molecule is O=S(=O)(c1ccc(C(F)(F)F)cc1)c1nc(Cc2scnc2OC(F)(F)F)sc1C(O)C(Cc1ccccc1)Oc1cccc(OC(F)(F)F)c1. The van der Waals surface area contributed by atoms with Crippen molar-refractivity contribution in [1.82, 2.24) is 9.97 Å². The molecule has 3 aromatic carbocycles. The average Bonchev–Trinajstić information content (AvgIpc) is 3.66. The van der Waals surface area contributed by atoms with Crippen molar-refractivity contribution in [1.29, 1.82) is 0 Å². The molecular formula is C31H21F9N2O6S3. The lowest BCUT2D eigenvalue weighted by atomic mass is 10.0. The Bertz CT molecular complexity index is 2050. The first-order valence-corrected chi connectivity index (χ1v) is 17.3. The van der Waals surface area contributed by atoms with Gasteiger partial charge in [0, 0.05) is 18.9 Å². The smallest absolute Gasteiger partial charge is 0.487 e. The monoisotopic (exact) mass is 784 g/mol. The summed E-state index contributed by atoms with van der Waals surface area (Å²) >= 11 is 1.28. The fraction of sp³-hybridized carbons (Fsp3) is 0.226. The predicted octanol–water partition coefficient (Wildman–Crippen LogP) is 8.56. The number of alkyl halides is 9. The second kappa shape index (κ2) is 14.7. The van der Waals surface area contributed by atoms with Gasteiger partial charge in [-0.3, -0.25) is 0 Å². The van der Waals surface area contributed by atoms with Crippen LogP contribution in [0.5, 0.6) is 17.4 Å². The zero-order valence-electron chi connectivity index (χ0n) is 25.2. The van der Waals surface area contributed by atoms with E-state index in [4.69, 9.17) is 4.74 Å². The van der Waals surface area contributed by atoms with E-state index >= 15 is 0 Å². The highest BCUT2D eigenvalue weighted by molar-refractivity contribution is 7.91. The molecule has 272 valence electrons. The minimum absolute atomic E-state index is 0.126. The van der Waals surface area contributed by atoms with Crippen LogP contribution in [0, 0.1) is 0 Å². The van der Waals surface area contributed by atoms with Crippen LogP contribution in [0.1, 0.15) is 32.0 Å². The predicted molar refractivity (Wildman–Crippen MR) is 163 cm³/mol. The first-order valence-electron chi connectivity index (χ1n) is 14.1. The molecule has 5 rings (SSSR count). The molecule has 0 aliphatic heterocycles. The van der Waals surface area contributed by atoms with Gasteiger partial charge in [0.1, 0.15) is 23.7 Å². The van der Waals surface area contributed by atoms with Crippen LogP contribution >= 0.6 is 22.7 Å². The van der Waals surface area contributed by atoms with Crippen LogP contribution in [0.4, 0.5) is 39.5 Å². The number of rotatable bonds is 12. The molecule has 0 amide bonds. The lowest BCUT2D eigenvalue weighted by Crippen LogP contribution is -2.28. The van der Waals surface area contributed by atoms with E-state index in [1.807, 2.05) is 0 Å². The van der Waals surface area contributed by atoms with Crippen LogP contribution in [0.25, 0.3) is 0 Å². The van der Waals surface area contributed by atoms with Gasteiger partial charge < -0.3 is 19.3 Å². The van der Waals surface area contributed by atoms with E-state index in [0.29, 0.717) is 41.2 Å². The highest BCUT2D eigenvalue weighted by Crippen LogP contribution is 2.39. The normalized spacial score (nSPS) is 13.8. The van der Waals surface area contributed by atoms with Crippen LogP contribution in [0.3, 0.4) is 0 Å². The van der Waals surface area contributed by atoms with E-state index in [1.165, 1.54) is 12.1 Å². The van der Waals surface area contributed by atoms with Gasteiger partial charge in [0.05, 0.1) is 30.7 Å². The third-order valence-electron chi connectivity index (χ3n) is 6.77. The summed E-state index contributed by atoms with van der Waals surface area (Å²) in [6.45, 7) is 0. The standard InChI is InChI=1S/C31H21F9N2O6S3/c32-29(33,34)18-9-11-21(12-10-18)51(44,45)28-26(50-24(42-28)15-23-27(41-16-49-23)48-31(38,39)40)25(43)22(13-17-5-2-1-3-6-17)46-19-7-4-8-20(14-19)47-30(35,36)37/h1-12,14,16,22,25,43H,13,15H2. The summed E-state index contributed by atoms with van der Waals surface area (Å²) in [7, 11) is -4.83. The molecule has 0 aliphatic rings. The fourth-order valence-corrected chi connectivity index (χ4v) is 8.25. The first-order chi connectivity index (χ1) is 23.8. The van der Waals surface area contributed by atoms with E-state index in [2.05, 4.69) is 19.4 Å². The number of thiazole rings is 2. The number of aliphatic hydroxyl groups excluding tert-OH is 1. The highest BCUT2D eigenvalue weighted by Gasteiger charge is 2.38. The summed E-state index contributed by atoms with van der Waals surface area (Å²) in [6.07, 6.45) is -19.0. The van der Waals surface area contributed by atoms with Crippen LogP contribution in [0.2, 0.25) is 0 Å². The van der Waals surface area contributed by atoms with Crippen molar-refractivity contribution in [3.63, 3.8) is 0 Å². The lowest BCUT2D eigenvalue weighted by Gasteiger charge is -2.25. The fourth-order valence-electron chi connectivity index (χ4n) is 4.61. The maximum absolute atomic E-state index is 13.9. The first kappa shape index (κ1) is 37.8. The molecule has 2 atom stereocenters. The number of hydrogen-bond donors (Lipinski definition) is 1. The van der Waals surface area contributed by atoms with E-state index in [1.54, 1.807) is 30.3 Å². The lowest BCUT2D eigenvalue weighted by molar-refractivity contribution is -0.276. The summed E-state index contributed by atoms with van der Waals surface area (Å²) < 4.78 is 159. The number of halogens is 9. The molecule has 0 aliphatic carbocycles. The molecule has 20 heteroatoms. The van der Waals surface area contributed by atoms with E-state index in [-0.39, 0.29) is 22.1 Å². The summed E-state index contributed by atoms with van der Waals surface area (Å²) in [4.78, 5) is 6.43. The average molecular weight is 785 g/mol. The van der Waals surface area contributed by atoms with Crippen molar-refractivity contribution >= 4 is 32.5 Å². The van der Waals surface area contributed by atoms with E-state index in [9.17, 15) is 53.0 Å². The minimum Gasteiger partial charge on any atom is -0.487 e. The van der Waals surface area contributed by atoms with Gasteiger partial charge in [0.15, 0.2) is 5.03 Å². The molecule has 1 N–H and O–H groups in total. The van der Waals surface area contributed by atoms with Gasteiger partial charge in [0.2, 0.25) is 15.7 Å². The molecule has 2 heterocycles. The van der Waals surface area contributed by atoms with Gasteiger partial charge >= 0.3 is 18.9 Å². The second-order valence-corrected chi connectivity index (χ2v) is 14.3. The number of ether oxygens (including phenoxy) is 3. The van der Waals surface area contributed by atoms with Crippen molar-refractivity contribution in [3.8, 4) is 17.4 Å². The number of sulfone groups is 1. The molecule has 2 unspecified atom stereocenters. The molecule has 0 saturated heterocycles. The Morgan fingerprint density at radius 2 is 1.45 bits per heavy atom. The van der Waals surface area contributed by atoms with Gasteiger partial charge in [-0.1, -0.05) is 36.4 Å². The van der Waals surface area contributed by atoms with Crippen molar-refractivity contribution in [2.45, 2.75) is 53.9 Å². The third kappa shape index (κ3) is 9.89. The second-order valence-electron chi connectivity index (χ2n) is 10.4. The van der Waals surface area contributed by atoms with Crippen LogP contribution < -0.4 is 14.2 Å². The van der Waals surface area contributed by atoms with Gasteiger partial charge in [0.25, 0.3) is 0 Å². The Hall–Kier alpha value is -4.40. The van der Waals surface area contributed by atoms with E-state index in [0.717, 1.165) is 29.0 Å². The van der Waals surface area contributed by atoms with Gasteiger partial charge in [-0.25, -0.2) is 18.4 Å². The van der Waals surface area contributed by atoms with Crippen LogP contribution in [-0.4, -0.2) is 42.3 Å². The summed E-state index contributed by atoms with van der Waals surface area (Å²) in [5.74, 6) is -1.73. The quantitative estimate of drug-likeness (QED) is 0.126. The van der Waals surface area contributed by atoms with Crippen molar-refractivity contribution in [3.05, 3.63) is 110 Å². The molecular weight excluding hydrogens is 764 g/mol. The molecule has 0 spiro atoms. The van der Waals surface area contributed by atoms with Crippen LogP contribution in [-0.2, 0) is 28.9 Å². The highest BCUT2D eigenvalue weighted by atomic mass is 32.2. The van der Waals surface area contributed by atoms with Gasteiger partial charge in [-0.05, 0) is 42.0 Å². The summed E-state index contributed by atoms with van der Waals surface area (Å²) in [6, 6.07) is 14.9. The zero-order valence-corrected chi connectivity index (χ0v) is 27.6. The van der Waals surface area contributed by atoms with Gasteiger partial charge in [-0.15, -0.1) is 49.0 Å². The molecule has 2 aromatic heterocycles. The van der Waals surface area contributed by atoms with Gasteiger partial charge in [-0.2, -0.15) is 13.2 Å². The number of benzene rings is 3. The van der Waals surface area contributed by atoms with Crippen molar-refractivity contribution in [2.24, 2.45) is 0 Å². The molecule has 5 aromatic rings. The molecule has 51 heavy (non-hydrogen) atoms. The Morgan fingerprint density at radius 3 is 2.08 bits per heavy atom. The minimum atomic E-state index is -5.12. The molecule has 0 saturated carbocycles. The number of nitrogens with zero attached hydrogens (tertiary/aromatic N) is 2. The summed E-state index contributed by atoms with van der Waals surface area (Å²) in [5.41, 5.74) is 0.413. The Labute approximate surface area is 290 Å². The molecule has 0 bridgehead atoms. The largest absolute Gasteiger partial charge is 0.574 e. The number of aromatic nitrogens is 2. The molecule has 0 fully saturated rings. The molecule has 8 nitrogen and oxygen atoms in total. The number of aliphatic hydroxyl groups is 1. The van der Waals surface area contributed by atoms with Crippen molar-refractivity contribution in [2.75, 3.05) is 0 Å². The maximum atomic E-state index is 13.9. The van der Waals surface area contributed by atoms with Crippen molar-refractivity contribution < 1.29 is 67.2 Å². The Balaban J connectivity index is 1.59. The molecule has 0 radical (unpaired) electrons.